The summed E-state index contributed by atoms with van der Waals surface area (Å²) in [5, 5.41) is 128. The molecule has 0 unspecified atom stereocenters. The van der Waals surface area contributed by atoms with Gasteiger partial charge in [-0.05, 0) is 116 Å². The van der Waals surface area contributed by atoms with Crippen LogP contribution in [0.15, 0.2) is 11.6 Å². The minimum absolute atomic E-state index is 0.0778. The number of carbonyl (C=O) groups excluding carboxylic acids is 1. The van der Waals surface area contributed by atoms with E-state index < -0.39 is 141 Å². The van der Waals surface area contributed by atoms with Crippen molar-refractivity contribution >= 4 is 5.97 Å². The lowest BCUT2D eigenvalue weighted by molar-refractivity contribution is -0.361. The van der Waals surface area contributed by atoms with Gasteiger partial charge in [0.2, 0.25) is 6.29 Å². The lowest BCUT2D eigenvalue weighted by Gasteiger charge is -2.71. The van der Waals surface area contributed by atoms with Crippen molar-refractivity contribution in [1.82, 2.24) is 0 Å². The van der Waals surface area contributed by atoms with E-state index in [0.29, 0.717) is 25.2 Å². The van der Waals surface area contributed by atoms with E-state index in [2.05, 4.69) is 54.5 Å². The maximum atomic E-state index is 15.1. The monoisotopic (exact) mass is 1060 g/mol. The molecule has 4 saturated heterocycles. The number of esters is 1. The number of ether oxygens (including phenoxy) is 8. The number of hydrogen-bond donors (Lipinski definition) is 12. The molecule has 0 aromatic rings. The summed E-state index contributed by atoms with van der Waals surface area (Å²) < 4.78 is 47.1. The van der Waals surface area contributed by atoms with E-state index in [4.69, 9.17) is 37.9 Å². The minimum atomic E-state index is -1.86. The van der Waals surface area contributed by atoms with Gasteiger partial charge < -0.3 is 99.2 Å². The Morgan fingerprint density at radius 2 is 1.27 bits per heavy atom. The first-order valence-corrected chi connectivity index (χ1v) is 27.1. The van der Waals surface area contributed by atoms with Gasteiger partial charge in [0.1, 0.15) is 85.5 Å². The minimum Gasteiger partial charge on any atom is -0.432 e. The third kappa shape index (κ3) is 9.27. The van der Waals surface area contributed by atoms with Crippen LogP contribution in [0.2, 0.25) is 0 Å². The molecule has 27 atom stereocenters. The van der Waals surface area contributed by atoms with Gasteiger partial charge in [0.25, 0.3) is 0 Å². The van der Waals surface area contributed by atoms with Gasteiger partial charge in [0.05, 0.1) is 37.4 Å². The first-order valence-electron chi connectivity index (χ1n) is 27.1. The molecule has 12 N–H and O–H groups in total. The highest BCUT2D eigenvalue weighted by Crippen LogP contribution is 2.76. The number of allylic oxidation sites excluding steroid dienone is 2. The predicted molar refractivity (Wildman–Crippen MR) is 255 cm³/mol. The van der Waals surface area contributed by atoms with Gasteiger partial charge in [-0.1, -0.05) is 60.1 Å². The number of hydrogen-bond acceptors (Lipinski definition) is 21. The summed E-state index contributed by atoms with van der Waals surface area (Å²) in [7, 11) is 0. The molecule has 9 aliphatic rings. The van der Waals surface area contributed by atoms with E-state index in [1.807, 2.05) is 0 Å². The van der Waals surface area contributed by atoms with Crippen molar-refractivity contribution in [3.63, 3.8) is 0 Å². The lowest BCUT2D eigenvalue weighted by Crippen LogP contribution is -2.66. The molecule has 8 fully saturated rings. The van der Waals surface area contributed by atoms with Crippen molar-refractivity contribution in [3.05, 3.63) is 11.6 Å². The van der Waals surface area contributed by atoms with Gasteiger partial charge in [-0.25, -0.2) is 0 Å². The Labute approximate surface area is 433 Å². The quantitative estimate of drug-likeness (QED) is 0.0755. The summed E-state index contributed by atoms with van der Waals surface area (Å²) in [5.41, 5.74) is -0.647. The third-order valence-electron chi connectivity index (χ3n) is 21.0. The van der Waals surface area contributed by atoms with Crippen LogP contribution in [0.1, 0.15) is 120 Å². The normalized spacial score (nSPS) is 54.1. The Morgan fingerprint density at radius 1 is 0.635 bits per heavy atom. The predicted octanol–water partition coefficient (Wildman–Crippen LogP) is -0.369. The molecule has 0 radical (unpaired) electrons. The van der Waals surface area contributed by atoms with E-state index in [-0.39, 0.29) is 51.6 Å². The van der Waals surface area contributed by atoms with Crippen LogP contribution in [-0.4, -0.2) is 210 Å². The molecule has 21 nitrogen and oxygen atoms in total. The molecule has 0 aromatic heterocycles. The van der Waals surface area contributed by atoms with Crippen LogP contribution in [0.5, 0.6) is 0 Å². The summed E-state index contributed by atoms with van der Waals surface area (Å²) in [6.45, 7) is 16.1. The van der Waals surface area contributed by atoms with Crippen molar-refractivity contribution < 1.29 is 104 Å². The highest BCUT2D eigenvalue weighted by molar-refractivity contribution is 5.79. The molecular weight excluding hydrogens is 973 g/mol. The second kappa shape index (κ2) is 20.5. The Kier molecular flexibility index (Phi) is 15.8. The molecule has 4 aliphatic heterocycles. The van der Waals surface area contributed by atoms with Gasteiger partial charge in [-0.3, -0.25) is 4.79 Å². The number of aliphatic hydroxyl groups is 12. The Bertz CT molecular complexity index is 2040. The highest BCUT2D eigenvalue weighted by Gasteiger charge is 2.70. The molecule has 9 rings (SSSR count). The third-order valence-corrected chi connectivity index (χ3v) is 21.0. The standard InChI is InChI=1S/C53H86O21/c1-23-32(56)35(59)39(63)45(69-23)73-42-27(20-54)70-43(41(65)37(42)61)68-22-28-34(58)36(60)40(64)46(71-28)74-47(66)53-17-15-48(2,3)19-25(53)24-9-10-30-50(6)13-12-31(72-44-38(62)33(57)26(55)21-67-44)49(4,5)29(50)11-14-52(30,8)51(24,7)16-18-53/h9,23,25-46,54-65H,10-22H2,1-8H3/t23-,25-,26+,27+,28+,29-,30+,31-,32-,33+,34+,35+,36-,37+,38-,39+,40+,41+,42+,43+,44-,45-,46-,50-,51+,52+,53-/m0/s1. The van der Waals surface area contributed by atoms with E-state index in [0.717, 1.165) is 44.9 Å². The largest absolute Gasteiger partial charge is 0.432 e. The summed E-state index contributed by atoms with van der Waals surface area (Å²) in [6.07, 6.45) is -19.6. The molecule has 4 saturated carbocycles. The fraction of sp³-hybridized carbons (Fsp3) is 0.943. The van der Waals surface area contributed by atoms with Crippen LogP contribution >= 0.6 is 0 Å². The maximum absolute atomic E-state index is 15.1. The van der Waals surface area contributed by atoms with Gasteiger partial charge in [-0.2, -0.15) is 0 Å². The van der Waals surface area contributed by atoms with Crippen molar-refractivity contribution in [2.45, 2.75) is 242 Å². The zero-order valence-electron chi connectivity index (χ0n) is 44.1. The topological polar surface area (TPSA) is 334 Å². The molecular formula is C53H86O21. The zero-order chi connectivity index (χ0) is 54.0. The Morgan fingerprint density at radius 3 is 1.97 bits per heavy atom. The second-order valence-corrected chi connectivity index (χ2v) is 25.8. The summed E-state index contributed by atoms with van der Waals surface area (Å²) >= 11 is 0. The SMILES string of the molecule is C[C@@H]1O[C@@H](O[C@H]2[C@H](O)[C@@H](O)[C@H](OC[C@H]3O[C@@H](OC(=O)[C@]45CCC(C)(C)C[C@H]4C4=CC[C@@H]6[C@@]7(C)CC[C@H](O[C@@H]8OC[C@@H](O)[C@@H](O)[C@@H]8O)C(C)(C)[C@@H]7CC[C@@]6(C)[C@]4(C)CC5)[C@H](O)[C@@H](O)[C@@H]3O)O[C@@H]2CO)[C@H](O)[C@H](O)[C@H]1O. The number of rotatable bonds is 10. The first kappa shape index (κ1) is 57.1. The Balaban J connectivity index is 0.891. The van der Waals surface area contributed by atoms with Crippen LogP contribution in [0.25, 0.3) is 0 Å². The smallest absolute Gasteiger partial charge is 0.315 e. The summed E-state index contributed by atoms with van der Waals surface area (Å²) in [4.78, 5) is 15.1. The van der Waals surface area contributed by atoms with Crippen LogP contribution in [0, 0.1) is 50.2 Å². The molecule has 4 heterocycles. The number of aliphatic hydroxyl groups excluding tert-OH is 12. The van der Waals surface area contributed by atoms with Gasteiger partial charge in [0, 0.05) is 0 Å². The molecule has 0 aromatic carbocycles. The van der Waals surface area contributed by atoms with E-state index >= 15 is 4.79 Å². The van der Waals surface area contributed by atoms with Crippen LogP contribution in [0.3, 0.4) is 0 Å². The van der Waals surface area contributed by atoms with Crippen molar-refractivity contribution in [2.24, 2.45) is 50.2 Å². The van der Waals surface area contributed by atoms with Crippen molar-refractivity contribution in [2.75, 3.05) is 19.8 Å². The Hall–Kier alpha value is -1.55. The highest BCUT2D eigenvalue weighted by atomic mass is 16.8. The van der Waals surface area contributed by atoms with Gasteiger partial charge in [-0.15, -0.1) is 0 Å². The first-order chi connectivity index (χ1) is 34.6. The van der Waals surface area contributed by atoms with Crippen LogP contribution < -0.4 is 0 Å². The van der Waals surface area contributed by atoms with Crippen molar-refractivity contribution in [3.8, 4) is 0 Å². The molecule has 424 valence electrons. The fourth-order valence-electron chi connectivity index (χ4n) is 16.1. The number of fused-ring (bicyclic) bond motifs is 7. The van der Waals surface area contributed by atoms with E-state index in [9.17, 15) is 61.3 Å². The molecule has 0 spiro atoms. The summed E-state index contributed by atoms with van der Waals surface area (Å²) in [6, 6.07) is 0. The number of carbonyl (C=O) groups is 1. The van der Waals surface area contributed by atoms with E-state index in [1.54, 1.807) is 0 Å². The molecule has 0 bridgehead atoms. The van der Waals surface area contributed by atoms with Gasteiger partial charge in [0.15, 0.2) is 18.9 Å². The van der Waals surface area contributed by atoms with Gasteiger partial charge >= 0.3 is 5.97 Å². The van der Waals surface area contributed by atoms with Crippen molar-refractivity contribution in [1.29, 1.82) is 0 Å². The maximum Gasteiger partial charge on any atom is 0.315 e. The van der Waals surface area contributed by atoms with E-state index in [1.165, 1.54) is 12.5 Å². The average Bonchev–Trinajstić information content (AvgIpc) is 3.34. The fourth-order valence-corrected chi connectivity index (χ4v) is 16.1. The van der Waals surface area contributed by atoms with Crippen LogP contribution in [0.4, 0.5) is 0 Å². The lowest BCUT2D eigenvalue weighted by atomic mass is 9.33. The molecule has 5 aliphatic carbocycles. The summed E-state index contributed by atoms with van der Waals surface area (Å²) in [5.74, 6) is -0.203. The van der Waals surface area contributed by atoms with Crippen LogP contribution in [-0.2, 0) is 42.7 Å². The molecule has 21 heteroatoms. The molecule has 74 heavy (non-hydrogen) atoms. The zero-order valence-corrected chi connectivity index (χ0v) is 44.1. The second-order valence-electron chi connectivity index (χ2n) is 25.8. The average molecular weight is 1060 g/mol. The molecule has 0 amide bonds.